The Bertz CT molecular complexity index is 1510. The summed E-state index contributed by atoms with van der Waals surface area (Å²) in [6.07, 6.45) is 3.18. The second-order valence-corrected chi connectivity index (χ2v) is 13.9. The van der Waals surface area contributed by atoms with Crippen molar-refractivity contribution in [1.82, 2.24) is 20.9 Å². The van der Waals surface area contributed by atoms with Crippen molar-refractivity contribution in [2.45, 2.75) is 57.7 Å². The Morgan fingerprint density at radius 3 is 2.11 bits per heavy atom. The lowest BCUT2D eigenvalue weighted by Gasteiger charge is -2.28. The summed E-state index contributed by atoms with van der Waals surface area (Å²) < 4.78 is 27.3. The van der Waals surface area contributed by atoms with E-state index in [0.29, 0.717) is 6.42 Å². The standard InChI is InChI=1S/C35H47N5O5S/c1-3-46(44,45)39-31-23-29(34(42)37-26(2)28-15-9-5-10-16-28)22-30(24-31)35(43)38-32(21-27-13-7-4-8-14-27)33(41)25-36-17-20-40-18-11-6-12-19-40/h4-5,7-10,13-16,22-24,26,32-33,36,39,41H,3,6,11-12,17-21,25H2,1-2H3,(H,37,42)(H,38,43)/t26-,32+,33-/m1/s1. The summed E-state index contributed by atoms with van der Waals surface area (Å²) in [5, 5.41) is 20.5. The molecule has 3 aromatic carbocycles. The lowest BCUT2D eigenvalue weighted by molar-refractivity contribution is 0.0828. The van der Waals surface area contributed by atoms with Crippen molar-refractivity contribution >= 4 is 27.5 Å². The zero-order chi connectivity index (χ0) is 32.9. The number of benzene rings is 3. The molecule has 1 aliphatic heterocycles. The van der Waals surface area contributed by atoms with E-state index in [-0.39, 0.29) is 35.2 Å². The van der Waals surface area contributed by atoms with Gasteiger partial charge in [0, 0.05) is 30.8 Å². The molecule has 2 amide bonds. The molecule has 46 heavy (non-hydrogen) atoms. The van der Waals surface area contributed by atoms with Gasteiger partial charge in [0.15, 0.2) is 0 Å². The molecule has 11 heteroatoms. The molecule has 0 unspecified atom stereocenters. The van der Waals surface area contributed by atoms with Crippen molar-refractivity contribution in [3.05, 3.63) is 101 Å². The van der Waals surface area contributed by atoms with Crippen LogP contribution in [0.15, 0.2) is 78.9 Å². The second kappa shape index (κ2) is 17.2. The smallest absolute Gasteiger partial charge is 0.251 e. The second-order valence-electron chi connectivity index (χ2n) is 11.9. The van der Waals surface area contributed by atoms with Gasteiger partial charge in [-0.25, -0.2) is 8.42 Å². The molecule has 248 valence electrons. The van der Waals surface area contributed by atoms with E-state index in [1.54, 1.807) is 0 Å². The zero-order valence-electron chi connectivity index (χ0n) is 26.7. The van der Waals surface area contributed by atoms with Gasteiger partial charge < -0.3 is 26.0 Å². The number of amides is 2. The number of nitrogens with zero attached hydrogens (tertiary/aromatic N) is 1. The van der Waals surface area contributed by atoms with Crippen molar-refractivity contribution in [2.75, 3.05) is 43.2 Å². The minimum atomic E-state index is -3.69. The van der Waals surface area contributed by atoms with E-state index < -0.39 is 34.0 Å². The number of hydrogen-bond acceptors (Lipinski definition) is 7. The molecule has 0 aromatic heterocycles. The fraction of sp³-hybridized carbons (Fsp3) is 0.429. The minimum Gasteiger partial charge on any atom is -0.390 e. The molecular formula is C35H47N5O5S. The van der Waals surface area contributed by atoms with Gasteiger partial charge >= 0.3 is 0 Å². The van der Waals surface area contributed by atoms with Crippen LogP contribution in [0.1, 0.15) is 71.0 Å². The number of anilines is 1. The maximum Gasteiger partial charge on any atom is 0.251 e. The Labute approximate surface area is 273 Å². The number of piperidine rings is 1. The van der Waals surface area contributed by atoms with Crippen molar-refractivity contribution < 1.29 is 23.1 Å². The molecule has 1 heterocycles. The number of aliphatic hydroxyl groups is 1. The van der Waals surface area contributed by atoms with Gasteiger partial charge in [0.1, 0.15) is 0 Å². The predicted molar refractivity (Wildman–Crippen MR) is 182 cm³/mol. The first-order chi connectivity index (χ1) is 22.1. The SMILES string of the molecule is CCS(=O)(=O)Nc1cc(C(=O)N[C@@H](Cc2ccccc2)[C@H](O)CNCCN2CCCCC2)cc(C(=O)N[C@H](C)c2ccccc2)c1. The fourth-order valence-corrected chi connectivity index (χ4v) is 6.14. The summed E-state index contributed by atoms with van der Waals surface area (Å²) in [6.45, 7) is 7.45. The number of carbonyl (C=O) groups is 2. The molecule has 0 spiro atoms. The number of rotatable bonds is 16. The van der Waals surface area contributed by atoms with Gasteiger partial charge in [-0.3, -0.25) is 14.3 Å². The van der Waals surface area contributed by atoms with Gasteiger partial charge in [-0.15, -0.1) is 0 Å². The molecule has 0 aliphatic carbocycles. The molecular weight excluding hydrogens is 602 g/mol. The molecule has 4 rings (SSSR count). The van der Waals surface area contributed by atoms with Gasteiger partial charge in [0.25, 0.3) is 11.8 Å². The van der Waals surface area contributed by atoms with Crippen molar-refractivity contribution in [3.8, 4) is 0 Å². The zero-order valence-corrected chi connectivity index (χ0v) is 27.6. The molecule has 0 bridgehead atoms. The summed E-state index contributed by atoms with van der Waals surface area (Å²) in [5.41, 5.74) is 2.17. The van der Waals surface area contributed by atoms with E-state index in [1.807, 2.05) is 67.6 Å². The fourth-order valence-electron chi connectivity index (χ4n) is 5.52. The summed E-state index contributed by atoms with van der Waals surface area (Å²) >= 11 is 0. The Morgan fingerprint density at radius 1 is 0.870 bits per heavy atom. The molecule has 5 N–H and O–H groups in total. The minimum absolute atomic E-state index is 0.0946. The first-order valence-corrected chi connectivity index (χ1v) is 17.8. The van der Waals surface area contributed by atoms with Crippen molar-refractivity contribution in [3.63, 3.8) is 0 Å². The maximum atomic E-state index is 13.7. The molecule has 3 aromatic rings. The summed E-state index contributed by atoms with van der Waals surface area (Å²) in [7, 11) is -3.69. The Hall–Kier alpha value is -3.77. The normalized spacial score (nSPS) is 15.8. The van der Waals surface area contributed by atoms with E-state index in [1.165, 1.54) is 44.4 Å². The van der Waals surface area contributed by atoms with Crippen LogP contribution in [0.2, 0.25) is 0 Å². The van der Waals surface area contributed by atoms with Crippen LogP contribution in [0.3, 0.4) is 0 Å². The largest absolute Gasteiger partial charge is 0.390 e. The highest BCUT2D eigenvalue weighted by molar-refractivity contribution is 7.92. The lowest BCUT2D eigenvalue weighted by atomic mass is 10.00. The molecule has 1 aliphatic rings. The van der Waals surface area contributed by atoms with Crippen LogP contribution in [-0.4, -0.2) is 80.9 Å². The Morgan fingerprint density at radius 2 is 1.48 bits per heavy atom. The third-order valence-corrected chi connectivity index (χ3v) is 9.55. The van der Waals surface area contributed by atoms with E-state index in [2.05, 4.69) is 25.6 Å². The summed E-state index contributed by atoms with van der Waals surface area (Å²) in [4.78, 5) is 29.5. The Balaban J connectivity index is 1.52. The van der Waals surface area contributed by atoms with Crippen LogP contribution in [0.5, 0.6) is 0 Å². The highest BCUT2D eigenvalue weighted by atomic mass is 32.2. The average Bonchev–Trinajstić information content (AvgIpc) is 3.07. The van der Waals surface area contributed by atoms with Crippen LogP contribution in [0.25, 0.3) is 0 Å². The first-order valence-electron chi connectivity index (χ1n) is 16.1. The van der Waals surface area contributed by atoms with Gasteiger partial charge in [-0.1, -0.05) is 67.1 Å². The number of nitrogens with one attached hydrogen (secondary N) is 4. The number of aliphatic hydroxyl groups excluding tert-OH is 1. The van der Waals surface area contributed by atoms with E-state index in [9.17, 15) is 23.1 Å². The van der Waals surface area contributed by atoms with Crippen LogP contribution in [-0.2, 0) is 16.4 Å². The van der Waals surface area contributed by atoms with Crippen LogP contribution in [0.4, 0.5) is 5.69 Å². The summed E-state index contributed by atoms with van der Waals surface area (Å²) in [5.74, 6) is -1.16. The van der Waals surface area contributed by atoms with Crippen molar-refractivity contribution in [1.29, 1.82) is 0 Å². The van der Waals surface area contributed by atoms with Gasteiger partial charge in [-0.2, -0.15) is 0 Å². The van der Waals surface area contributed by atoms with E-state index in [0.717, 1.165) is 37.3 Å². The van der Waals surface area contributed by atoms with E-state index in [4.69, 9.17) is 0 Å². The topological polar surface area (TPSA) is 140 Å². The highest BCUT2D eigenvalue weighted by Crippen LogP contribution is 2.20. The number of sulfonamides is 1. The first kappa shape index (κ1) is 35.1. The highest BCUT2D eigenvalue weighted by Gasteiger charge is 2.24. The van der Waals surface area contributed by atoms with Gasteiger partial charge in [-0.05, 0) is 75.5 Å². The molecule has 3 atom stereocenters. The molecule has 1 fully saturated rings. The van der Waals surface area contributed by atoms with Crippen LogP contribution < -0.4 is 20.7 Å². The van der Waals surface area contributed by atoms with Crippen LogP contribution in [0, 0.1) is 0 Å². The molecule has 0 saturated carbocycles. The molecule has 10 nitrogen and oxygen atoms in total. The maximum absolute atomic E-state index is 13.7. The number of carbonyl (C=O) groups excluding carboxylic acids is 2. The number of hydrogen-bond donors (Lipinski definition) is 5. The average molecular weight is 650 g/mol. The number of likely N-dealkylation sites (tertiary alicyclic amines) is 1. The van der Waals surface area contributed by atoms with Crippen LogP contribution >= 0.6 is 0 Å². The monoisotopic (exact) mass is 649 g/mol. The molecule has 1 saturated heterocycles. The lowest BCUT2D eigenvalue weighted by Crippen LogP contribution is -2.49. The Kier molecular flexibility index (Phi) is 13.1. The van der Waals surface area contributed by atoms with Crippen molar-refractivity contribution in [2.24, 2.45) is 0 Å². The summed E-state index contributed by atoms with van der Waals surface area (Å²) in [6, 6.07) is 22.3. The quantitative estimate of drug-likeness (QED) is 0.149. The van der Waals surface area contributed by atoms with E-state index >= 15 is 0 Å². The third-order valence-electron chi connectivity index (χ3n) is 8.24. The molecule has 0 radical (unpaired) electrons. The van der Waals surface area contributed by atoms with Gasteiger partial charge in [0.05, 0.1) is 29.6 Å². The predicted octanol–water partition coefficient (Wildman–Crippen LogP) is 3.72. The van der Waals surface area contributed by atoms with Gasteiger partial charge in [0.2, 0.25) is 10.0 Å². The third kappa shape index (κ3) is 10.9.